The van der Waals surface area contributed by atoms with E-state index in [1.807, 2.05) is 0 Å². The van der Waals surface area contributed by atoms with Crippen LogP contribution < -0.4 is 0 Å². The molecule has 0 aromatic heterocycles. The molecule has 1 aromatic rings. The normalized spacial score (nSPS) is 19.0. The van der Waals surface area contributed by atoms with Crippen LogP contribution >= 0.6 is 15.9 Å². The van der Waals surface area contributed by atoms with Gasteiger partial charge in [0.05, 0.1) is 11.5 Å². The quantitative estimate of drug-likeness (QED) is 0.739. The molecule has 2 rings (SSSR count). The van der Waals surface area contributed by atoms with Crippen LogP contribution in [-0.2, 0) is 10.7 Å². The van der Waals surface area contributed by atoms with E-state index in [1.54, 1.807) is 0 Å². The van der Waals surface area contributed by atoms with Gasteiger partial charge in [-0.1, -0.05) is 59.5 Å². The van der Waals surface area contributed by atoms with Crippen LogP contribution in [0.2, 0.25) is 0 Å². The van der Waals surface area contributed by atoms with Gasteiger partial charge in [0.15, 0.2) is 0 Å². The molecular formula is C14H16BrN. The first-order chi connectivity index (χ1) is 7.80. The number of benzene rings is 1. The van der Waals surface area contributed by atoms with Gasteiger partial charge in [0.2, 0.25) is 0 Å². The molecule has 0 atom stereocenters. The van der Waals surface area contributed by atoms with Gasteiger partial charge in [-0.2, -0.15) is 5.26 Å². The number of nitrogens with zero attached hydrogens (tertiary/aromatic N) is 1. The molecule has 1 aromatic carbocycles. The lowest BCUT2D eigenvalue weighted by atomic mass is 9.70. The number of halogens is 1. The highest BCUT2D eigenvalue weighted by Gasteiger charge is 2.33. The number of hydrogen-bond donors (Lipinski definition) is 0. The Kier molecular flexibility index (Phi) is 3.66. The smallest absolute Gasteiger partial charge is 0.0822 e. The van der Waals surface area contributed by atoms with Crippen molar-refractivity contribution in [1.29, 1.82) is 5.26 Å². The lowest BCUT2D eigenvalue weighted by Crippen LogP contribution is -2.27. The molecule has 1 nitrogen and oxygen atoms in total. The minimum Gasteiger partial charge on any atom is -0.197 e. The molecule has 1 aliphatic carbocycles. The summed E-state index contributed by atoms with van der Waals surface area (Å²) in [6, 6.07) is 11.0. The van der Waals surface area contributed by atoms with Crippen LogP contribution in [0, 0.1) is 11.3 Å². The lowest BCUT2D eigenvalue weighted by molar-refractivity contribution is 0.366. The van der Waals surface area contributed by atoms with Gasteiger partial charge in [-0.15, -0.1) is 0 Å². The summed E-state index contributed by atoms with van der Waals surface area (Å²) in [6.07, 6.45) is 5.70. The Morgan fingerprint density at radius 1 is 1.25 bits per heavy atom. The van der Waals surface area contributed by atoms with E-state index in [4.69, 9.17) is 0 Å². The van der Waals surface area contributed by atoms with Gasteiger partial charge in [0.1, 0.15) is 0 Å². The summed E-state index contributed by atoms with van der Waals surface area (Å²) in [6.45, 7) is 0. The third-order valence-corrected chi connectivity index (χ3v) is 4.20. The fourth-order valence-electron chi connectivity index (χ4n) is 2.57. The molecule has 0 N–H and O–H groups in total. The number of nitriles is 1. The Morgan fingerprint density at radius 2 is 2.00 bits per heavy atom. The van der Waals surface area contributed by atoms with Crippen LogP contribution in [0.3, 0.4) is 0 Å². The van der Waals surface area contributed by atoms with E-state index in [2.05, 4.69) is 46.3 Å². The van der Waals surface area contributed by atoms with Crippen molar-refractivity contribution in [3.8, 4) is 6.07 Å². The van der Waals surface area contributed by atoms with E-state index < -0.39 is 0 Å². The van der Waals surface area contributed by atoms with E-state index in [9.17, 15) is 5.26 Å². The van der Waals surface area contributed by atoms with E-state index in [0.717, 1.165) is 18.2 Å². The van der Waals surface area contributed by atoms with Gasteiger partial charge in [0, 0.05) is 5.33 Å². The molecule has 16 heavy (non-hydrogen) atoms. The van der Waals surface area contributed by atoms with Crippen LogP contribution in [0.5, 0.6) is 0 Å². The molecule has 0 radical (unpaired) electrons. The molecule has 2 heteroatoms. The van der Waals surface area contributed by atoms with Gasteiger partial charge >= 0.3 is 0 Å². The average Bonchev–Trinajstić information content (AvgIpc) is 2.39. The lowest BCUT2D eigenvalue weighted by Gasteiger charge is -2.31. The monoisotopic (exact) mass is 277 g/mol. The maximum atomic E-state index is 9.50. The number of alkyl halides is 1. The summed E-state index contributed by atoms with van der Waals surface area (Å²) >= 11 is 3.47. The topological polar surface area (TPSA) is 23.8 Å². The molecule has 1 saturated carbocycles. The van der Waals surface area contributed by atoms with Crippen LogP contribution in [0.25, 0.3) is 0 Å². The van der Waals surface area contributed by atoms with Crippen molar-refractivity contribution in [2.45, 2.75) is 42.8 Å². The Bertz CT molecular complexity index is 399. The zero-order valence-electron chi connectivity index (χ0n) is 9.38. The zero-order chi connectivity index (χ0) is 11.4. The van der Waals surface area contributed by atoms with Gasteiger partial charge < -0.3 is 0 Å². The van der Waals surface area contributed by atoms with Gasteiger partial charge in [0.25, 0.3) is 0 Å². The van der Waals surface area contributed by atoms with E-state index >= 15 is 0 Å². The fraction of sp³-hybridized carbons (Fsp3) is 0.500. The van der Waals surface area contributed by atoms with Crippen molar-refractivity contribution in [2.75, 3.05) is 0 Å². The molecule has 0 amide bonds. The predicted molar refractivity (Wildman–Crippen MR) is 69.4 cm³/mol. The van der Waals surface area contributed by atoms with Gasteiger partial charge in [-0.3, -0.25) is 0 Å². The Balaban J connectivity index is 2.36. The van der Waals surface area contributed by atoms with Crippen LogP contribution in [-0.4, -0.2) is 0 Å². The van der Waals surface area contributed by atoms with Gasteiger partial charge in [-0.25, -0.2) is 0 Å². The fourth-order valence-corrected chi connectivity index (χ4v) is 2.92. The molecule has 0 unspecified atom stereocenters. The van der Waals surface area contributed by atoms with Crippen molar-refractivity contribution >= 4 is 15.9 Å². The Hall–Kier alpha value is -0.810. The Morgan fingerprint density at radius 3 is 2.62 bits per heavy atom. The highest BCUT2D eigenvalue weighted by atomic mass is 79.9. The standard InChI is InChI=1S/C14H16BrN/c15-10-12-5-4-6-13(9-12)14(11-16)7-2-1-3-8-14/h4-6,9H,1-3,7-8,10H2. The molecule has 0 bridgehead atoms. The first kappa shape index (κ1) is 11.7. The molecular weight excluding hydrogens is 262 g/mol. The third-order valence-electron chi connectivity index (χ3n) is 3.55. The largest absolute Gasteiger partial charge is 0.197 e. The number of rotatable bonds is 2. The summed E-state index contributed by atoms with van der Waals surface area (Å²) in [7, 11) is 0. The number of hydrogen-bond acceptors (Lipinski definition) is 1. The Labute approximate surface area is 106 Å². The molecule has 1 aliphatic rings. The highest BCUT2D eigenvalue weighted by molar-refractivity contribution is 9.08. The minimum absolute atomic E-state index is 0.212. The predicted octanol–water partition coefficient (Wildman–Crippen LogP) is 4.31. The summed E-state index contributed by atoms with van der Waals surface area (Å²) in [5.74, 6) is 0. The molecule has 0 spiro atoms. The first-order valence-electron chi connectivity index (χ1n) is 5.87. The minimum atomic E-state index is -0.212. The second-order valence-corrected chi connectivity index (χ2v) is 5.15. The SMILES string of the molecule is N#CC1(c2cccc(CBr)c2)CCCCC1. The average molecular weight is 278 g/mol. The maximum Gasteiger partial charge on any atom is 0.0822 e. The molecule has 0 saturated heterocycles. The first-order valence-corrected chi connectivity index (χ1v) is 6.99. The van der Waals surface area contributed by atoms with Crippen molar-refractivity contribution in [3.63, 3.8) is 0 Å². The van der Waals surface area contributed by atoms with Crippen LogP contribution in [0.4, 0.5) is 0 Å². The van der Waals surface area contributed by atoms with Crippen molar-refractivity contribution in [1.82, 2.24) is 0 Å². The van der Waals surface area contributed by atoms with E-state index in [0.29, 0.717) is 0 Å². The van der Waals surface area contributed by atoms with Crippen LogP contribution in [0.15, 0.2) is 24.3 Å². The molecule has 1 fully saturated rings. The summed E-state index contributed by atoms with van der Waals surface area (Å²) in [5, 5.41) is 10.4. The van der Waals surface area contributed by atoms with E-state index in [-0.39, 0.29) is 5.41 Å². The molecule has 0 heterocycles. The second-order valence-electron chi connectivity index (χ2n) is 4.59. The maximum absolute atomic E-state index is 9.50. The third kappa shape index (κ3) is 2.15. The van der Waals surface area contributed by atoms with E-state index in [1.165, 1.54) is 30.4 Å². The summed E-state index contributed by atoms with van der Waals surface area (Å²) in [5.41, 5.74) is 2.26. The summed E-state index contributed by atoms with van der Waals surface area (Å²) < 4.78 is 0. The summed E-state index contributed by atoms with van der Waals surface area (Å²) in [4.78, 5) is 0. The van der Waals surface area contributed by atoms with Crippen molar-refractivity contribution < 1.29 is 0 Å². The van der Waals surface area contributed by atoms with Crippen molar-refractivity contribution in [2.24, 2.45) is 0 Å². The van der Waals surface area contributed by atoms with Crippen molar-refractivity contribution in [3.05, 3.63) is 35.4 Å². The molecule has 0 aliphatic heterocycles. The van der Waals surface area contributed by atoms with Crippen LogP contribution in [0.1, 0.15) is 43.2 Å². The zero-order valence-corrected chi connectivity index (χ0v) is 11.0. The molecule has 84 valence electrons. The van der Waals surface area contributed by atoms with Gasteiger partial charge in [-0.05, 0) is 24.0 Å². The highest BCUT2D eigenvalue weighted by Crippen LogP contribution is 2.39. The second kappa shape index (κ2) is 5.01.